The molecule has 1 atom stereocenters. The summed E-state index contributed by atoms with van der Waals surface area (Å²) in [7, 11) is 1.26. The number of methoxy groups -OCH3 is 1. The first-order valence-electron chi connectivity index (χ1n) is 9.51. The van der Waals surface area contributed by atoms with E-state index >= 15 is 0 Å². The number of amides is 1. The SMILES string of the molecule is COC(=O)c1sc(N2C(=O)C(=O)/C(=C(/O)c3ccccc3)C2c2ccc(Br)cc2)nc1C. The molecule has 2 aromatic carbocycles. The van der Waals surface area contributed by atoms with Crippen LogP contribution in [0, 0.1) is 6.92 Å². The Balaban J connectivity index is 1.93. The molecule has 1 fully saturated rings. The first kappa shape index (κ1) is 21.9. The number of rotatable bonds is 4. The van der Waals surface area contributed by atoms with Crippen molar-refractivity contribution in [2.45, 2.75) is 13.0 Å². The number of esters is 1. The van der Waals surface area contributed by atoms with Crippen LogP contribution in [0.25, 0.3) is 5.76 Å². The highest BCUT2D eigenvalue weighted by Crippen LogP contribution is 2.44. The molecule has 1 amide bonds. The third-order valence-electron chi connectivity index (χ3n) is 5.04. The predicted octanol–water partition coefficient (Wildman–Crippen LogP) is 4.63. The molecule has 0 saturated carbocycles. The zero-order valence-electron chi connectivity index (χ0n) is 17.0. The Morgan fingerprint density at radius 1 is 1.12 bits per heavy atom. The Kier molecular flexibility index (Phi) is 5.94. The highest BCUT2D eigenvalue weighted by Gasteiger charge is 2.48. The monoisotopic (exact) mass is 512 g/mol. The van der Waals surface area contributed by atoms with Crippen LogP contribution in [-0.4, -0.2) is 34.9 Å². The van der Waals surface area contributed by atoms with Gasteiger partial charge in [0.05, 0.1) is 24.4 Å². The van der Waals surface area contributed by atoms with E-state index in [1.807, 2.05) is 0 Å². The highest BCUT2D eigenvalue weighted by molar-refractivity contribution is 9.10. The maximum Gasteiger partial charge on any atom is 0.350 e. The van der Waals surface area contributed by atoms with Gasteiger partial charge < -0.3 is 9.84 Å². The van der Waals surface area contributed by atoms with Gasteiger partial charge in [-0.2, -0.15) is 0 Å². The van der Waals surface area contributed by atoms with Gasteiger partial charge in [0.1, 0.15) is 10.6 Å². The van der Waals surface area contributed by atoms with Gasteiger partial charge in [-0.15, -0.1) is 0 Å². The maximum atomic E-state index is 13.1. The van der Waals surface area contributed by atoms with Gasteiger partial charge in [0.2, 0.25) is 0 Å². The molecule has 4 rings (SSSR count). The molecule has 3 aromatic rings. The highest BCUT2D eigenvalue weighted by atomic mass is 79.9. The zero-order chi connectivity index (χ0) is 23.0. The molecule has 0 radical (unpaired) electrons. The van der Waals surface area contributed by atoms with E-state index < -0.39 is 23.7 Å². The van der Waals surface area contributed by atoms with E-state index in [0.717, 1.165) is 15.8 Å². The van der Waals surface area contributed by atoms with Crippen LogP contribution in [0.2, 0.25) is 0 Å². The Morgan fingerprint density at radius 2 is 1.78 bits per heavy atom. The average Bonchev–Trinajstić information content (AvgIpc) is 3.31. The number of aryl methyl sites for hydroxylation is 1. The van der Waals surface area contributed by atoms with Crippen LogP contribution in [0.5, 0.6) is 0 Å². The number of carbonyl (C=O) groups excluding carboxylic acids is 3. The first-order valence-corrected chi connectivity index (χ1v) is 11.1. The topological polar surface area (TPSA) is 96.8 Å². The fraction of sp³-hybridized carbons (Fsp3) is 0.130. The second kappa shape index (κ2) is 8.68. The van der Waals surface area contributed by atoms with Crippen molar-refractivity contribution in [3.05, 3.63) is 86.3 Å². The standard InChI is InChI=1S/C23H17BrN2O5S/c1-12-20(22(30)31-2)32-23(25-12)26-17(13-8-10-15(24)11-9-13)16(19(28)21(26)29)18(27)14-6-4-3-5-7-14/h3-11,17,27H,1-2H3/b18-16+. The number of aliphatic hydroxyl groups excluding tert-OH is 1. The Hall–Kier alpha value is -3.30. The van der Waals surface area contributed by atoms with Gasteiger partial charge in [-0.05, 0) is 24.6 Å². The van der Waals surface area contributed by atoms with E-state index in [-0.39, 0.29) is 21.3 Å². The van der Waals surface area contributed by atoms with Gasteiger partial charge in [0.15, 0.2) is 5.13 Å². The molecule has 0 bridgehead atoms. The lowest BCUT2D eigenvalue weighted by molar-refractivity contribution is -0.132. The summed E-state index contributed by atoms with van der Waals surface area (Å²) < 4.78 is 5.61. The number of nitrogens with zero attached hydrogens (tertiary/aromatic N) is 2. The smallest absolute Gasteiger partial charge is 0.350 e. The number of aliphatic hydroxyl groups is 1. The molecule has 1 saturated heterocycles. The Bertz CT molecular complexity index is 1250. The van der Waals surface area contributed by atoms with Crippen LogP contribution in [0.1, 0.15) is 32.5 Å². The van der Waals surface area contributed by atoms with Gasteiger partial charge in [0.25, 0.3) is 5.78 Å². The average molecular weight is 513 g/mol. The lowest BCUT2D eigenvalue weighted by Crippen LogP contribution is -2.29. The molecule has 1 aromatic heterocycles. The van der Waals surface area contributed by atoms with Gasteiger partial charge in [0, 0.05) is 10.0 Å². The summed E-state index contributed by atoms with van der Waals surface area (Å²) in [6.07, 6.45) is 0. The van der Waals surface area contributed by atoms with Crippen molar-refractivity contribution < 1.29 is 24.2 Å². The van der Waals surface area contributed by atoms with Gasteiger partial charge in [-0.1, -0.05) is 69.7 Å². The normalized spacial score (nSPS) is 17.6. The first-order chi connectivity index (χ1) is 15.3. The summed E-state index contributed by atoms with van der Waals surface area (Å²) in [5.74, 6) is -2.51. The van der Waals surface area contributed by atoms with Crippen LogP contribution in [-0.2, 0) is 14.3 Å². The van der Waals surface area contributed by atoms with E-state index in [9.17, 15) is 19.5 Å². The van der Waals surface area contributed by atoms with Crippen LogP contribution in [0.3, 0.4) is 0 Å². The molecular formula is C23H17BrN2O5S. The molecule has 32 heavy (non-hydrogen) atoms. The summed E-state index contributed by atoms with van der Waals surface area (Å²) >= 11 is 4.34. The molecule has 2 heterocycles. The minimum absolute atomic E-state index is 0.0454. The molecule has 162 valence electrons. The molecular weight excluding hydrogens is 496 g/mol. The van der Waals surface area contributed by atoms with E-state index in [1.165, 1.54) is 12.0 Å². The summed E-state index contributed by atoms with van der Waals surface area (Å²) in [6, 6.07) is 14.7. The van der Waals surface area contributed by atoms with Crippen LogP contribution >= 0.6 is 27.3 Å². The zero-order valence-corrected chi connectivity index (χ0v) is 19.4. The molecule has 9 heteroatoms. The number of ketones is 1. The van der Waals surface area contributed by atoms with Crippen LogP contribution in [0.15, 0.2) is 64.6 Å². The van der Waals surface area contributed by atoms with Crippen molar-refractivity contribution >= 4 is 55.8 Å². The maximum absolute atomic E-state index is 13.1. The number of ether oxygens (including phenoxy) is 1. The summed E-state index contributed by atoms with van der Waals surface area (Å²) in [4.78, 5) is 44.1. The van der Waals surface area contributed by atoms with E-state index in [1.54, 1.807) is 61.5 Å². The molecule has 7 nitrogen and oxygen atoms in total. The minimum Gasteiger partial charge on any atom is -0.507 e. The summed E-state index contributed by atoms with van der Waals surface area (Å²) in [5.41, 5.74) is 1.36. The molecule has 1 unspecified atom stereocenters. The number of thiazole rings is 1. The number of hydrogen-bond acceptors (Lipinski definition) is 7. The number of carbonyl (C=O) groups is 3. The molecule has 0 spiro atoms. The number of aromatic nitrogens is 1. The van der Waals surface area contributed by atoms with Crippen molar-refractivity contribution in [1.82, 2.24) is 4.98 Å². The van der Waals surface area contributed by atoms with E-state index in [0.29, 0.717) is 16.8 Å². The number of benzene rings is 2. The van der Waals surface area contributed by atoms with Crippen molar-refractivity contribution in [3.8, 4) is 0 Å². The van der Waals surface area contributed by atoms with Crippen molar-refractivity contribution in [3.63, 3.8) is 0 Å². The predicted molar refractivity (Wildman–Crippen MR) is 124 cm³/mol. The number of halogens is 1. The second-order valence-corrected chi connectivity index (χ2v) is 8.88. The lowest BCUT2D eigenvalue weighted by atomic mass is 9.95. The second-order valence-electron chi connectivity index (χ2n) is 6.99. The van der Waals surface area contributed by atoms with E-state index in [2.05, 4.69) is 20.9 Å². The van der Waals surface area contributed by atoms with Gasteiger partial charge in [-0.3, -0.25) is 14.5 Å². The van der Waals surface area contributed by atoms with Crippen molar-refractivity contribution in [1.29, 1.82) is 0 Å². The molecule has 0 aliphatic carbocycles. The Morgan fingerprint density at radius 3 is 2.41 bits per heavy atom. The summed E-state index contributed by atoms with van der Waals surface area (Å²) in [6.45, 7) is 1.63. The Labute approximate surface area is 196 Å². The fourth-order valence-corrected chi connectivity index (χ4v) is 4.79. The number of Topliss-reactive ketones (excluding diaryl/α,β-unsaturated/α-hetero) is 1. The largest absolute Gasteiger partial charge is 0.507 e. The minimum atomic E-state index is -0.917. The van der Waals surface area contributed by atoms with Crippen LogP contribution in [0.4, 0.5) is 5.13 Å². The summed E-state index contributed by atoms with van der Waals surface area (Å²) in [5, 5.41) is 11.2. The molecule has 1 N–H and O–H groups in total. The van der Waals surface area contributed by atoms with E-state index in [4.69, 9.17) is 4.74 Å². The molecule has 1 aliphatic rings. The third-order valence-corrected chi connectivity index (χ3v) is 6.70. The van der Waals surface area contributed by atoms with Crippen molar-refractivity contribution in [2.75, 3.05) is 12.0 Å². The quantitative estimate of drug-likeness (QED) is 0.237. The van der Waals surface area contributed by atoms with Gasteiger partial charge >= 0.3 is 11.9 Å². The number of hydrogen-bond donors (Lipinski definition) is 1. The molecule has 1 aliphatic heterocycles. The lowest BCUT2D eigenvalue weighted by Gasteiger charge is -2.23. The van der Waals surface area contributed by atoms with Crippen LogP contribution < -0.4 is 4.90 Å². The fourth-order valence-electron chi connectivity index (χ4n) is 3.51. The number of anilines is 1. The third kappa shape index (κ3) is 3.74. The van der Waals surface area contributed by atoms with Gasteiger partial charge in [-0.25, -0.2) is 9.78 Å². The van der Waals surface area contributed by atoms with Crippen molar-refractivity contribution in [2.24, 2.45) is 0 Å².